The fourth-order valence-corrected chi connectivity index (χ4v) is 3.54. The van der Waals surface area contributed by atoms with Crippen molar-refractivity contribution >= 4 is 16.8 Å². The Kier molecular flexibility index (Phi) is 5.49. The molecule has 0 radical (unpaired) electrons. The summed E-state index contributed by atoms with van der Waals surface area (Å²) < 4.78 is 11.4. The van der Waals surface area contributed by atoms with E-state index < -0.39 is 6.10 Å². The Labute approximate surface area is 170 Å². The second kappa shape index (κ2) is 8.21. The van der Waals surface area contributed by atoms with Gasteiger partial charge in [-0.15, -0.1) is 10.2 Å². The average molecular weight is 394 g/mol. The molecule has 1 unspecified atom stereocenters. The smallest absolute Gasteiger partial charge is 0.317 e. The van der Waals surface area contributed by atoms with Gasteiger partial charge >= 0.3 is 6.03 Å². The maximum absolute atomic E-state index is 12.8. The second-order valence-corrected chi connectivity index (χ2v) is 7.68. The number of hydrogen-bond donors (Lipinski definition) is 1. The van der Waals surface area contributed by atoms with E-state index in [-0.39, 0.29) is 11.9 Å². The molecule has 1 aromatic heterocycles. The van der Waals surface area contributed by atoms with Crippen LogP contribution >= 0.6 is 0 Å². The van der Waals surface area contributed by atoms with E-state index in [1.165, 1.54) is 16.3 Å². The van der Waals surface area contributed by atoms with Crippen molar-refractivity contribution in [3.63, 3.8) is 0 Å². The summed E-state index contributed by atoms with van der Waals surface area (Å²) in [4.78, 5) is 14.5. The second-order valence-electron chi connectivity index (χ2n) is 7.68. The summed E-state index contributed by atoms with van der Waals surface area (Å²) in [5, 5.41) is 13.6. The molecule has 0 saturated carbocycles. The molecule has 3 aromatic rings. The van der Waals surface area contributed by atoms with Gasteiger partial charge in [-0.05, 0) is 28.8 Å². The van der Waals surface area contributed by atoms with Crippen molar-refractivity contribution in [1.29, 1.82) is 0 Å². The molecule has 152 valence electrons. The third-order valence-corrected chi connectivity index (χ3v) is 5.24. The SMILES string of the molecule is Cc1ccc(CNC(=O)N2CCOC(c3nnc(C(C)C)o3)C2)c2ccccc12. The normalized spacial score (nSPS) is 17.1. The standard InChI is InChI=1S/C22H26N4O3/c1-14(2)20-24-25-21(29-20)19-13-26(10-11-28-19)22(27)23-12-16-9-8-15(3)17-6-4-5-7-18(16)17/h4-9,14,19H,10-13H2,1-3H3,(H,23,27). The van der Waals surface area contributed by atoms with Gasteiger partial charge in [0.05, 0.1) is 13.2 Å². The molecule has 4 rings (SSSR count). The zero-order valence-electron chi connectivity index (χ0n) is 17.0. The van der Waals surface area contributed by atoms with Gasteiger partial charge in [0, 0.05) is 19.0 Å². The summed E-state index contributed by atoms with van der Waals surface area (Å²) in [5.41, 5.74) is 2.33. The highest BCUT2D eigenvalue weighted by molar-refractivity contribution is 5.88. The van der Waals surface area contributed by atoms with E-state index in [4.69, 9.17) is 9.15 Å². The number of rotatable bonds is 4. The fraction of sp³-hybridized carbons (Fsp3) is 0.409. The van der Waals surface area contributed by atoms with Gasteiger partial charge in [-0.1, -0.05) is 50.2 Å². The van der Waals surface area contributed by atoms with E-state index in [1.807, 2.05) is 26.0 Å². The number of nitrogens with one attached hydrogen (secondary N) is 1. The van der Waals surface area contributed by atoms with Gasteiger partial charge in [-0.3, -0.25) is 0 Å². The molecule has 1 aliphatic heterocycles. The minimum absolute atomic E-state index is 0.119. The highest BCUT2D eigenvalue weighted by Gasteiger charge is 2.29. The monoisotopic (exact) mass is 394 g/mol. The average Bonchev–Trinajstić information content (AvgIpc) is 3.24. The molecule has 1 atom stereocenters. The summed E-state index contributed by atoms with van der Waals surface area (Å²) >= 11 is 0. The molecule has 2 heterocycles. The number of carbonyl (C=O) groups is 1. The summed E-state index contributed by atoms with van der Waals surface area (Å²) in [6.07, 6.45) is -0.394. The number of fused-ring (bicyclic) bond motifs is 1. The highest BCUT2D eigenvalue weighted by atomic mass is 16.5. The molecule has 0 spiro atoms. The molecular weight excluding hydrogens is 368 g/mol. The zero-order valence-corrected chi connectivity index (χ0v) is 17.0. The predicted octanol–water partition coefficient (Wildman–Crippen LogP) is 3.94. The van der Waals surface area contributed by atoms with Crippen LogP contribution in [0.3, 0.4) is 0 Å². The summed E-state index contributed by atoms with van der Waals surface area (Å²) in [6, 6.07) is 12.3. The van der Waals surface area contributed by atoms with Crippen molar-refractivity contribution < 1.29 is 13.9 Å². The van der Waals surface area contributed by atoms with Crippen LogP contribution in [0.1, 0.15) is 48.8 Å². The van der Waals surface area contributed by atoms with Crippen molar-refractivity contribution in [2.45, 2.75) is 39.3 Å². The minimum Gasteiger partial charge on any atom is -0.422 e. The van der Waals surface area contributed by atoms with E-state index in [9.17, 15) is 4.79 Å². The van der Waals surface area contributed by atoms with Crippen LogP contribution in [0.25, 0.3) is 10.8 Å². The number of amides is 2. The Morgan fingerprint density at radius 1 is 1.21 bits per heavy atom. The van der Waals surface area contributed by atoms with E-state index in [0.717, 1.165) is 5.56 Å². The maximum atomic E-state index is 12.8. The van der Waals surface area contributed by atoms with Crippen LogP contribution in [0, 0.1) is 6.92 Å². The van der Waals surface area contributed by atoms with Crippen LogP contribution in [0.15, 0.2) is 40.8 Å². The van der Waals surface area contributed by atoms with Crippen molar-refractivity contribution in [3.8, 4) is 0 Å². The Morgan fingerprint density at radius 2 is 2.00 bits per heavy atom. The van der Waals surface area contributed by atoms with Gasteiger partial charge in [-0.2, -0.15) is 0 Å². The molecule has 1 saturated heterocycles. The number of ether oxygens (including phenoxy) is 1. The lowest BCUT2D eigenvalue weighted by Gasteiger charge is -2.31. The first kappa shape index (κ1) is 19.4. The van der Waals surface area contributed by atoms with Gasteiger partial charge in [0.15, 0.2) is 6.10 Å². The molecule has 29 heavy (non-hydrogen) atoms. The summed E-state index contributed by atoms with van der Waals surface area (Å²) in [5.74, 6) is 1.16. The Morgan fingerprint density at radius 3 is 2.76 bits per heavy atom. The number of aromatic nitrogens is 2. The Hall–Kier alpha value is -2.93. The topological polar surface area (TPSA) is 80.5 Å². The molecule has 1 N–H and O–H groups in total. The molecule has 2 aromatic carbocycles. The molecule has 7 heteroatoms. The number of benzene rings is 2. The largest absolute Gasteiger partial charge is 0.422 e. The fourth-order valence-electron chi connectivity index (χ4n) is 3.54. The Balaban J connectivity index is 1.41. The molecule has 0 bridgehead atoms. The van der Waals surface area contributed by atoms with Crippen LogP contribution in [0.4, 0.5) is 4.79 Å². The molecular formula is C22H26N4O3. The van der Waals surface area contributed by atoms with Crippen LogP contribution in [0.5, 0.6) is 0 Å². The quantitative estimate of drug-likeness (QED) is 0.725. The van der Waals surface area contributed by atoms with Crippen LogP contribution < -0.4 is 5.32 Å². The van der Waals surface area contributed by atoms with Crippen molar-refractivity contribution in [2.75, 3.05) is 19.7 Å². The molecule has 7 nitrogen and oxygen atoms in total. The van der Waals surface area contributed by atoms with Crippen molar-refractivity contribution in [1.82, 2.24) is 20.4 Å². The number of morpholine rings is 1. The third kappa shape index (κ3) is 4.10. The maximum Gasteiger partial charge on any atom is 0.317 e. The van der Waals surface area contributed by atoms with E-state index in [2.05, 4.69) is 46.7 Å². The lowest BCUT2D eigenvalue weighted by Crippen LogP contribution is -2.47. The van der Waals surface area contributed by atoms with Crippen molar-refractivity contribution in [3.05, 3.63) is 59.3 Å². The lowest BCUT2D eigenvalue weighted by molar-refractivity contribution is -0.0294. The zero-order chi connectivity index (χ0) is 20.4. The first-order chi connectivity index (χ1) is 14.0. The number of nitrogens with zero attached hydrogens (tertiary/aromatic N) is 3. The number of hydrogen-bond acceptors (Lipinski definition) is 5. The van der Waals surface area contributed by atoms with Gasteiger partial charge < -0.3 is 19.4 Å². The highest BCUT2D eigenvalue weighted by Crippen LogP contribution is 2.24. The predicted molar refractivity (Wildman–Crippen MR) is 110 cm³/mol. The van der Waals surface area contributed by atoms with Crippen LogP contribution in [-0.2, 0) is 11.3 Å². The molecule has 2 amide bonds. The van der Waals surface area contributed by atoms with E-state index >= 15 is 0 Å². The Bertz CT molecular complexity index is 1010. The van der Waals surface area contributed by atoms with Crippen LogP contribution in [-0.4, -0.2) is 40.8 Å². The van der Waals surface area contributed by atoms with Crippen LogP contribution in [0.2, 0.25) is 0 Å². The molecule has 1 fully saturated rings. The molecule has 0 aliphatic carbocycles. The number of carbonyl (C=O) groups excluding carboxylic acids is 1. The summed E-state index contributed by atoms with van der Waals surface area (Å²) in [6.45, 7) is 7.91. The number of aryl methyl sites for hydroxylation is 1. The van der Waals surface area contributed by atoms with Gasteiger partial charge in [0.25, 0.3) is 0 Å². The van der Waals surface area contributed by atoms with Crippen molar-refractivity contribution in [2.24, 2.45) is 0 Å². The first-order valence-electron chi connectivity index (χ1n) is 9.98. The van der Waals surface area contributed by atoms with Gasteiger partial charge in [0.1, 0.15) is 0 Å². The van der Waals surface area contributed by atoms with E-state index in [0.29, 0.717) is 38.0 Å². The summed E-state index contributed by atoms with van der Waals surface area (Å²) in [7, 11) is 0. The third-order valence-electron chi connectivity index (χ3n) is 5.24. The molecule has 1 aliphatic rings. The first-order valence-corrected chi connectivity index (χ1v) is 9.98. The van der Waals surface area contributed by atoms with Gasteiger partial charge in [0.2, 0.25) is 11.8 Å². The minimum atomic E-state index is -0.394. The van der Waals surface area contributed by atoms with E-state index in [1.54, 1.807) is 4.90 Å². The lowest BCUT2D eigenvalue weighted by atomic mass is 10.0. The number of urea groups is 1. The van der Waals surface area contributed by atoms with Gasteiger partial charge in [-0.25, -0.2) is 4.79 Å².